The van der Waals surface area contributed by atoms with Crippen LogP contribution in [-0.4, -0.2) is 28.8 Å². The molecule has 0 unspecified atom stereocenters. The molecule has 8 heteroatoms. The molecule has 0 aliphatic heterocycles. The van der Waals surface area contributed by atoms with E-state index in [0.717, 1.165) is 18.2 Å². The minimum absolute atomic E-state index is 0.0147. The third kappa shape index (κ3) is 13.1. The van der Waals surface area contributed by atoms with E-state index in [1.165, 1.54) is 44.9 Å². The number of hydrogen-bond donors (Lipinski definition) is 3. The van der Waals surface area contributed by atoms with Gasteiger partial charge in [0, 0.05) is 23.0 Å². The van der Waals surface area contributed by atoms with Gasteiger partial charge in [-0.3, -0.25) is 14.9 Å². The maximum absolute atomic E-state index is 12.8. The Balaban J connectivity index is 1.74. The first kappa shape index (κ1) is 31.3. The van der Waals surface area contributed by atoms with Gasteiger partial charge in [-0.2, -0.15) is 0 Å². The van der Waals surface area contributed by atoms with Gasteiger partial charge in [0.1, 0.15) is 5.60 Å². The lowest BCUT2D eigenvalue weighted by molar-refractivity contribution is -0.116. The molecule has 3 amide bonds. The van der Waals surface area contributed by atoms with Crippen molar-refractivity contribution in [3.05, 3.63) is 54.1 Å². The Kier molecular flexibility index (Phi) is 13.9. The van der Waals surface area contributed by atoms with E-state index in [2.05, 4.69) is 31.9 Å². The van der Waals surface area contributed by atoms with E-state index in [1.54, 1.807) is 69.3 Å². The van der Waals surface area contributed by atoms with Crippen molar-refractivity contribution in [3.8, 4) is 0 Å². The quantitative estimate of drug-likeness (QED) is 0.144. The molecule has 0 atom stereocenters. The average molecular weight is 589 g/mol. The van der Waals surface area contributed by atoms with E-state index in [1.807, 2.05) is 0 Å². The second-order valence-electron chi connectivity index (χ2n) is 10.4. The van der Waals surface area contributed by atoms with Crippen LogP contribution >= 0.6 is 15.9 Å². The van der Waals surface area contributed by atoms with Crippen molar-refractivity contribution in [2.45, 2.75) is 90.6 Å². The maximum atomic E-state index is 12.8. The van der Waals surface area contributed by atoms with Crippen molar-refractivity contribution in [3.63, 3.8) is 0 Å². The molecule has 0 aliphatic rings. The number of nitrogens with one attached hydrogen (secondary N) is 3. The smallest absolute Gasteiger partial charge is 0.412 e. The fraction of sp³-hybridized carbons (Fsp3) is 0.500. The molecule has 208 valence electrons. The Hall–Kier alpha value is -2.87. The van der Waals surface area contributed by atoms with Crippen molar-refractivity contribution in [1.82, 2.24) is 0 Å². The Morgan fingerprint density at radius 1 is 0.711 bits per heavy atom. The van der Waals surface area contributed by atoms with Crippen molar-refractivity contribution in [2.75, 3.05) is 21.3 Å². The molecule has 2 rings (SSSR count). The Bertz CT molecular complexity index is 1020. The van der Waals surface area contributed by atoms with Crippen LogP contribution in [0, 0.1) is 0 Å². The van der Waals surface area contributed by atoms with Gasteiger partial charge in [-0.15, -0.1) is 0 Å². The number of alkyl halides is 1. The minimum atomic E-state index is -0.633. The van der Waals surface area contributed by atoms with Crippen LogP contribution in [0.5, 0.6) is 0 Å². The van der Waals surface area contributed by atoms with Crippen molar-refractivity contribution >= 4 is 50.9 Å². The number of carbonyl (C=O) groups is 3. The van der Waals surface area contributed by atoms with Gasteiger partial charge in [-0.25, -0.2) is 4.79 Å². The maximum Gasteiger partial charge on any atom is 0.412 e. The Labute approximate surface area is 235 Å². The Morgan fingerprint density at radius 2 is 1.24 bits per heavy atom. The summed E-state index contributed by atoms with van der Waals surface area (Å²) in [5.74, 6) is -0.344. The fourth-order valence-electron chi connectivity index (χ4n) is 3.86. The summed E-state index contributed by atoms with van der Waals surface area (Å²) in [6, 6.07) is 13.7. The molecule has 0 heterocycles. The molecule has 0 bridgehead atoms. The van der Waals surface area contributed by atoms with Gasteiger partial charge in [0.05, 0.1) is 11.4 Å². The highest BCUT2D eigenvalue weighted by Gasteiger charge is 2.18. The van der Waals surface area contributed by atoms with Crippen LogP contribution in [0.15, 0.2) is 48.5 Å². The lowest BCUT2D eigenvalue weighted by Crippen LogP contribution is -2.27. The van der Waals surface area contributed by atoms with E-state index in [9.17, 15) is 14.4 Å². The molecule has 0 saturated heterocycles. The first-order valence-electron chi connectivity index (χ1n) is 13.5. The van der Waals surface area contributed by atoms with E-state index in [-0.39, 0.29) is 11.8 Å². The van der Waals surface area contributed by atoms with Crippen LogP contribution in [0.1, 0.15) is 95.3 Å². The number of ether oxygens (including phenoxy) is 1. The topological polar surface area (TPSA) is 96.5 Å². The number of amides is 3. The molecule has 0 saturated carbocycles. The van der Waals surface area contributed by atoms with Gasteiger partial charge >= 0.3 is 6.09 Å². The van der Waals surface area contributed by atoms with Crippen LogP contribution in [0.2, 0.25) is 0 Å². The summed E-state index contributed by atoms with van der Waals surface area (Å²) in [6.07, 6.45) is 10.7. The summed E-state index contributed by atoms with van der Waals surface area (Å²) in [4.78, 5) is 37.2. The monoisotopic (exact) mass is 587 g/mol. The molecule has 0 fully saturated rings. The summed E-state index contributed by atoms with van der Waals surface area (Å²) in [6.45, 7) is 5.34. The fourth-order valence-corrected chi connectivity index (χ4v) is 4.25. The normalized spacial score (nSPS) is 11.1. The molecular weight excluding hydrogens is 546 g/mol. The number of hydrogen-bond acceptors (Lipinski definition) is 4. The average Bonchev–Trinajstić information content (AvgIpc) is 2.85. The van der Waals surface area contributed by atoms with Crippen LogP contribution in [0.3, 0.4) is 0 Å². The summed E-state index contributed by atoms with van der Waals surface area (Å²) in [5.41, 5.74) is 1.34. The molecule has 2 aromatic rings. The zero-order valence-electron chi connectivity index (χ0n) is 22.9. The largest absolute Gasteiger partial charge is 0.444 e. The standard InChI is InChI=1S/C30H42BrN3O4/c1-30(2,3)38-29(37)34-26-16-13-12-15-25(26)33-28(36)23-18-20-24(21-19-23)32-27(35)17-11-9-7-5-4-6-8-10-14-22-31/h12-13,15-16,18-21H,4-11,14,17,22H2,1-3H3,(H,32,35)(H,33,36)(H,34,37). The van der Waals surface area contributed by atoms with Gasteiger partial charge in [0.15, 0.2) is 0 Å². The van der Waals surface area contributed by atoms with Gasteiger partial charge < -0.3 is 15.4 Å². The summed E-state index contributed by atoms with van der Waals surface area (Å²) in [7, 11) is 0. The number of anilines is 3. The molecule has 0 aliphatic carbocycles. The number of para-hydroxylation sites is 2. The molecule has 7 nitrogen and oxygen atoms in total. The van der Waals surface area contributed by atoms with Crippen LogP contribution in [0.25, 0.3) is 0 Å². The predicted octanol–water partition coefficient (Wildman–Crippen LogP) is 8.52. The van der Waals surface area contributed by atoms with Gasteiger partial charge in [0.25, 0.3) is 5.91 Å². The van der Waals surface area contributed by atoms with Crippen molar-refractivity contribution in [2.24, 2.45) is 0 Å². The summed E-state index contributed by atoms with van der Waals surface area (Å²) < 4.78 is 5.29. The van der Waals surface area contributed by atoms with Gasteiger partial charge in [-0.05, 0) is 70.0 Å². The third-order valence-electron chi connectivity index (χ3n) is 5.78. The molecule has 38 heavy (non-hydrogen) atoms. The number of carbonyl (C=O) groups excluding carboxylic acids is 3. The van der Waals surface area contributed by atoms with Gasteiger partial charge in [-0.1, -0.05) is 73.0 Å². The summed E-state index contributed by atoms with van der Waals surface area (Å²) >= 11 is 3.46. The molecule has 3 N–H and O–H groups in total. The SMILES string of the molecule is CC(C)(C)OC(=O)Nc1ccccc1NC(=O)c1ccc(NC(=O)CCCCCCCCCCCBr)cc1. The van der Waals surface area contributed by atoms with E-state index >= 15 is 0 Å². The van der Waals surface area contributed by atoms with Crippen LogP contribution in [0.4, 0.5) is 21.9 Å². The van der Waals surface area contributed by atoms with E-state index in [0.29, 0.717) is 29.0 Å². The molecule has 0 aromatic heterocycles. The second-order valence-corrected chi connectivity index (χ2v) is 11.2. The lowest BCUT2D eigenvalue weighted by Gasteiger charge is -2.20. The highest BCUT2D eigenvalue weighted by Crippen LogP contribution is 2.23. The zero-order chi connectivity index (χ0) is 27.8. The number of unbranched alkanes of at least 4 members (excludes halogenated alkanes) is 8. The van der Waals surface area contributed by atoms with Gasteiger partial charge in [0.2, 0.25) is 5.91 Å². The van der Waals surface area contributed by atoms with E-state index < -0.39 is 11.7 Å². The first-order valence-corrected chi connectivity index (χ1v) is 14.7. The minimum Gasteiger partial charge on any atom is -0.444 e. The Morgan fingerprint density at radius 3 is 1.79 bits per heavy atom. The lowest BCUT2D eigenvalue weighted by atomic mass is 10.1. The third-order valence-corrected chi connectivity index (χ3v) is 6.34. The number of benzene rings is 2. The van der Waals surface area contributed by atoms with Crippen molar-refractivity contribution < 1.29 is 19.1 Å². The second kappa shape index (κ2) is 16.9. The van der Waals surface area contributed by atoms with Crippen LogP contribution in [-0.2, 0) is 9.53 Å². The highest BCUT2D eigenvalue weighted by atomic mass is 79.9. The molecule has 0 radical (unpaired) electrons. The highest BCUT2D eigenvalue weighted by molar-refractivity contribution is 9.09. The zero-order valence-corrected chi connectivity index (χ0v) is 24.5. The van der Waals surface area contributed by atoms with Crippen LogP contribution < -0.4 is 16.0 Å². The predicted molar refractivity (Wildman–Crippen MR) is 159 cm³/mol. The first-order chi connectivity index (χ1) is 18.2. The molecule has 0 spiro atoms. The van der Waals surface area contributed by atoms with Crippen molar-refractivity contribution in [1.29, 1.82) is 0 Å². The number of halogens is 1. The van der Waals surface area contributed by atoms with E-state index in [4.69, 9.17) is 4.74 Å². The molecule has 2 aromatic carbocycles. The summed E-state index contributed by atoms with van der Waals surface area (Å²) in [5, 5.41) is 9.49. The molecular formula is C30H42BrN3O4. The number of rotatable bonds is 15.